The molecule has 2 aromatic rings. The summed E-state index contributed by atoms with van der Waals surface area (Å²) >= 11 is 3.74. The zero-order chi connectivity index (χ0) is 13.5. The molecule has 1 aromatic carbocycles. The van der Waals surface area contributed by atoms with Crippen LogP contribution >= 0.6 is 15.9 Å². The molecule has 0 spiro atoms. The normalized spacial score (nSPS) is 18.1. The zero-order valence-corrected chi connectivity index (χ0v) is 12.6. The van der Waals surface area contributed by atoms with Crippen LogP contribution in [0.2, 0.25) is 0 Å². The van der Waals surface area contributed by atoms with Gasteiger partial charge in [0.1, 0.15) is 0 Å². The maximum absolute atomic E-state index is 6.10. The second kappa shape index (κ2) is 4.84. The SMILES string of the molecule is COc1cc(C2(CN)CCCC2)c(Br)c2ccoc12. The van der Waals surface area contributed by atoms with Crippen molar-refractivity contribution in [1.82, 2.24) is 0 Å². The Balaban J connectivity index is 2.25. The molecule has 0 saturated heterocycles. The van der Waals surface area contributed by atoms with Gasteiger partial charge in [0.15, 0.2) is 11.3 Å². The minimum atomic E-state index is 0.0809. The number of fused-ring (bicyclic) bond motifs is 1. The minimum absolute atomic E-state index is 0.0809. The van der Waals surface area contributed by atoms with Crippen LogP contribution < -0.4 is 10.5 Å². The number of furan rings is 1. The molecule has 1 fully saturated rings. The Hall–Kier alpha value is -1.00. The molecule has 1 aromatic heterocycles. The van der Waals surface area contributed by atoms with Gasteiger partial charge in [-0.1, -0.05) is 12.8 Å². The summed E-state index contributed by atoms with van der Waals surface area (Å²) in [6.07, 6.45) is 6.49. The molecule has 1 saturated carbocycles. The van der Waals surface area contributed by atoms with Gasteiger partial charge in [0.2, 0.25) is 0 Å². The molecule has 19 heavy (non-hydrogen) atoms. The van der Waals surface area contributed by atoms with E-state index in [1.807, 2.05) is 6.07 Å². The third-order valence-electron chi connectivity index (χ3n) is 4.38. The van der Waals surface area contributed by atoms with Crippen molar-refractivity contribution in [2.75, 3.05) is 13.7 Å². The molecule has 0 unspecified atom stereocenters. The summed E-state index contributed by atoms with van der Waals surface area (Å²) in [7, 11) is 1.68. The molecule has 1 aliphatic carbocycles. The van der Waals surface area contributed by atoms with Crippen molar-refractivity contribution < 1.29 is 9.15 Å². The molecular formula is C15H18BrNO2. The first-order valence-electron chi connectivity index (χ1n) is 6.66. The molecule has 3 rings (SSSR count). The lowest BCUT2D eigenvalue weighted by Gasteiger charge is -2.29. The first kappa shape index (κ1) is 13.0. The van der Waals surface area contributed by atoms with Crippen LogP contribution in [0.25, 0.3) is 11.0 Å². The highest BCUT2D eigenvalue weighted by Gasteiger charge is 2.37. The van der Waals surface area contributed by atoms with Crippen molar-refractivity contribution in [2.24, 2.45) is 5.73 Å². The minimum Gasteiger partial charge on any atom is -0.493 e. The average molecular weight is 324 g/mol. The summed E-state index contributed by atoms with van der Waals surface area (Å²) < 4.78 is 12.1. The number of hydrogen-bond acceptors (Lipinski definition) is 3. The standard InChI is InChI=1S/C15H18BrNO2/c1-18-12-8-11(15(9-17)5-2-3-6-15)13(16)10-4-7-19-14(10)12/h4,7-8H,2-3,5-6,9,17H2,1H3. The Morgan fingerprint density at radius 1 is 1.42 bits per heavy atom. The van der Waals surface area contributed by atoms with E-state index >= 15 is 0 Å². The van der Waals surface area contributed by atoms with E-state index in [9.17, 15) is 0 Å². The Kier molecular flexibility index (Phi) is 3.31. The quantitative estimate of drug-likeness (QED) is 0.929. The second-order valence-electron chi connectivity index (χ2n) is 5.30. The fourth-order valence-corrected chi connectivity index (χ4v) is 4.10. The van der Waals surface area contributed by atoms with Gasteiger partial charge in [-0.25, -0.2) is 0 Å². The first-order chi connectivity index (χ1) is 9.22. The number of benzene rings is 1. The van der Waals surface area contributed by atoms with Crippen LogP contribution in [-0.2, 0) is 5.41 Å². The monoisotopic (exact) mass is 323 g/mol. The zero-order valence-electron chi connectivity index (χ0n) is 11.0. The van der Waals surface area contributed by atoms with Gasteiger partial charge in [-0.15, -0.1) is 0 Å². The van der Waals surface area contributed by atoms with Crippen LogP contribution in [0.5, 0.6) is 5.75 Å². The molecule has 4 heteroatoms. The number of halogens is 1. The van der Waals surface area contributed by atoms with Crippen LogP contribution in [0.15, 0.2) is 27.3 Å². The van der Waals surface area contributed by atoms with Crippen LogP contribution in [0.4, 0.5) is 0 Å². The van der Waals surface area contributed by atoms with E-state index in [-0.39, 0.29) is 5.41 Å². The number of rotatable bonds is 3. The second-order valence-corrected chi connectivity index (χ2v) is 6.09. The Labute approximate surface area is 121 Å². The van der Waals surface area contributed by atoms with Gasteiger partial charge in [0.05, 0.1) is 13.4 Å². The third kappa shape index (κ3) is 1.89. The summed E-state index contributed by atoms with van der Waals surface area (Å²) in [6.45, 7) is 0.679. The lowest BCUT2D eigenvalue weighted by atomic mass is 9.78. The van der Waals surface area contributed by atoms with Crippen LogP contribution in [0.1, 0.15) is 31.2 Å². The van der Waals surface area contributed by atoms with Gasteiger partial charge in [-0.05, 0) is 46.5 Å². The molecule has 1 heterocycles. The molecule has 3 nitrogen and oxygen atoms in total. The van der Waals surface area contributed by atoms with Crippen molar-refractivity contribution in [3.63, 3.8) is 0 Å². The highest BCUT2D eigenvalue weighted by Crippen LogP contribution is 2.47. The molecular weight excluding hydrogens is 306 g/mol. The maximum Gasteiger partial charge on any atom is 0.176 e. The number of ether oxygens (including phenoxy) is 1. The smallest absolute Gasteiger partial charge is 0.176 e. The van der Waals surface area contributed by atoms with E-state index in [0.717, 1.165) is 34.0 Å². The molecule has 0 amide bonds. The number of hydrogen-bond donors (Lipinski definition) is 1. The van der Waals surface area contributed by atoms with Crippen LogP contribution in [0.3, 0.4) is 0 Å². The van der Waals surface area contributed by atoms with E-state index in [1.165, 1.54) is 18.4 Å². The number of nitrogens with two attached hydrogens (primary N) is 1. The predicted octanol–water partition coefficient (Wildman–Crippen LogP) is 3.97. The molecule has 0 bridgehead atoms. The number of methoxy groups -OCH3 is 1. The topological polar surface area (TPSA) is 48.4 Å². The van der Waals surface area contributed by atoms with Crippen molar-refractivity contribution >= 4 is 26.9 Å². The average Bonchev–Trinajstić information content (AvgIpc) is 3.09. The van der Waals surface area contributed by atoms with Gasteiger partial charge in [-0.3, -0.25) is 0 Å². The predicted molar refractivity (Wildman–Crippen MR) is 79.7 cm³/mol. The highest BCUT2D eigenvalue weighted by molar-refractivity contribution is 9.10. The lowest BCUT2D eigenvalue weighted by Crippen LogP contribution is -2.32. The Bertz CT molecular complexity index is 599. The van der Waals surface area contributed by atoms with E-state index in [0.29, 0.717) is 6.54 Å². The third-order valence-corrected chi connectivity index (χ3v) is 5.23. The van der Waals surface area contributed by atoms with Crippen molar-refractivity contribution in [1.29, 1.82) is 0 Å². The largest absolute Gasteiger partial charge is 0.493 e. The fourth-order valence-electron chi connectivity index (χ4n) is 3.25. The van der Waals surface area contributed by atoms with Gasteiger partial charge in [0, 0.05) is 21.8 Å². The van der Waals surface area contributed by atoms with Gasteiger partial charge in [0.25, 0.3) is 0 Å². The highest BCUT2D eigenvalue weighted by atomic mass is 79.9. The maximum atomic E-state index is 6.10. The summed E-state index contributed by atoms with van der Waals surface area (Å²) in [5.74, 6) is 0.790. The summed E-state index contributed by atoms with van der Waals surface area (Å²) in [4.78, 5) is 0. The first-order valence-corrected chi connectivity index (χ1v) is 7.45. The van der Waals surface area contributed by atoms with Gasteiger partial charge in [-0.2, -0.15) is 0 Å². The molecule has 0 aliphatic heterocycles. The Morgan fingerprint density at radius 2 is 2.16 bits per heavy atom. The van der Waals surface area contributed by atoms with E-state index in [4.69, 9.17) is 14.9 Å². The summed E-state index contributed by atoms with van der Waals surface area (Å²) in [5.41, 5.74) is 8.23. The van der Waals surface area contributed by atoms with Crippen molar-refractivity contribution in [3.05, 3.63) is 28.4 Å². The van der Waals surface area contributed by atoms with Crippen molar-refractivity contribution in [2.45, 2.75) is 31.1 Å². The van der Waals surface area contributed by atoms with E-state index in [2.05, 4.69) is 22.0 Å². The van der Waals surface area contributed by atoms with Crippen LogP contribution in [-0.4, -0.2) is 13.7 Å². The fraction of sp³-hybridized carbons (Fsp3) is 0.467. The lowest BCUT2D eigenvalue weighted by molar-refractivity contribution is 0.403. The van der Waals surface area contributed by atoms with Crippen molar-refractivity contribution in [3.8, 4) is 5.75 Å². The molecule has 1 aliphatic rings. The van der Waals surface area contributed by atoms with Gasteiger partial charge >= 0.3 is 0 Å². The van der Waals surface area contributed by atoms with E-state index in [1.54, 1.807) is 13.4 Å². The molecule has 0 radical (unpaired) electrons. The van der Waals surface area contributed by atoms with E-state index < -0.39 is 0 Å². The molecule has 2 N–H and O–H groups in total. The molecule has 102 valence electrons. The summed E-state index contributed by atoms with van der Waals surface area (Å²) in [6, 6.07) is 4.07. The Morgan fingerprint density at radius 3 is 2.79 bits per heavy atom. The summed E-state index contributed by atoms with van der Waals surface area (Å²) in [5, 5.41) is 1.06. The van der Waals surface area contributed by atoms with Crippen LogP contribution in [0, 0.1) is 0 Å². The van der Waals surface area contributed by atoms with Gasteiger partial charge < -0.3 is 14.9 Å². The molecule has 0 atom stereocenters.